The van der Waals surface area contributed by atoms with Crippen molar-refractivity contribution in [3.63, 3.8) is 0 Å². The maximum Gasteiger partial charge on any atom is 0.288 e. The van der Waals surface area contributed by atoms with Crippen LogP contribution in [0.15, 0.2) is 0 Å². The van der Waals surface area contributed by atoms with Crippen LogP contribution in [0.1, 0.15) is 19.3 Å². The molecule has 1 unspecified atom stereocenters. The molecule has 0 aliphatic heterocycles. The summed E-state index contributed by atoms with van der Waals surface area (Å²) < 4.78 is 0. The molecule has 0 aromatic heterocycles. The number of alkyl halides is 2. The largest absolute Gasteiger partial charge is 0.343 e. The first-order valence-corrected chi connectivity index (χ1v) is 5.39. The zero-order chi connectivity index (χ0) is 8.91. The van der Waals surface area contributed by atoms with Gasteiger partial charge in [0.05, 0.1) is 4.83 Å². The van der Waals surface area contributed by atoms with Crippen LogP contribution in [0.3, 0.4) is 0 Å². The van der Waals surface area contributed by atoms with Gasteiger partial charge in [0.2, 0.25) is 0 Å². The maximum absolute atomic E-state index is 8.64. The van der Waals surface area contributed by atoms with Gasteiger partial charge in [-0.25, -0.2) is 0 Å². The smallest absolute Gasteiger partial charge is 0.288 e. The van der Waals surface area contributed by atoms with Gasteiger partial charge in [-0.05, 0) is 12.8 Å². The van der Waals surface area contributed by atoms with Crippen molar-refractivity contribution in [1.82, 2.24) is 0 Å². The first-order chi connectivity index (χ1) is 4.98. The topological polar surface area (TPSA) is 60.7 Å². The average Bonchev–Trinajstić information content (AvgIpc) is 1.86. The average molecular weight is 292 g/mol. The van der Waals surface area contributed by atoms with E-state index < -0.39 is 10.8 Å². The van der Waals surface area contributed by atoms with Crippen molar-refractivity contribution in [3.8, 4) is 0 Å². The lowest BCUT2D eigenvalue weighted by atomic mass is 10.2. The lowest BCUT2D eigenvalue weighted by Gasteiger charge is -2.20. The molecule has 0 spiro atoms. The maximum atomic E-state index is 8.64. The van der Waals surface area contributed by atoms with E-state index in [1.165, 1.54) is 0 Å². The Morgan fingerprint density at radius 3 is 2.09 bits per heavy atom. The summed E-state index contributed by atoms with van der Waals surface area (Å²) in [4.78, 5) is -0.672. The van der Waals surface area contributed by atoms with E-state index >= 15 is 0 Å². The third-order valence-corrected chi connectivity index (χ3v) is 2.89. The zero-order valence-corrected chi connectivity index (χ0v) is 9.18. The molecule has 0 aliphatic rings. The molecule has 0 heterocycles. The number of unbranched alkanes of at least 4 members (excludes halogenated alkanes) is 1. The van der Waals surface area contributed by atoms with E-state index in [2.05, 4.69) is 31.9 Å². The predicted molar refractivity (Wildman–Crippen MR) is 49.7 cm³/mol. The number of halogens is 2. The SMILES string of the molecule is OC(O)(O)C(Br)CCCCBr. The molecule has 0 aliphatic carbocycles. The summed E-state index contributed by atoms with van der Waals surface area (Å²) in [5.41, 5.74) is 0. The molecule has 0 aromatic rings. The normalized spacial score (nSPS) is 15.0. The summed E-state index contributed by atoms with van der Waals surface area (Å²) in [6.07, 6.45) is 2.33. The van der Waals surface area contributed by atoms with E-state index in [0.29, 0.717) is 6.42 Å². The summed E-state index contributed by atoms with van der Waals surface area (Å²) in [6, 6.07) is 0. The van der Waals surface area contributed by atoms with E-state index in [9.17, 15) is 0 Å². The summed E-state index contributed by atoms with van der Waals surface area (Å²) >= 11 is 6.21. The Balaban J connectivity index is 3.44. The molecule has 3 N–H and O–H groups in total. The Kier molecular flexibility index (Phi) is 5.90. The lowest BCUT2D eigenvalue weighted by molar-refractivity contribution is -0.309. The number of hydrogen-bond acceptors (Lipinski definition) is 3. The molecule has 1 atom stereocenters. The van der Waals surface area contributed by atoms with Gasteiger partial charge in [-0.15, -0.1) is 0 Å². The van der Waals surface area contributed by atoms with Crippen LogP contribution >= 0.6 is 31.9 Å². The minimum absolute atomic E-state index is 0.537. The van der Waals surface area contributed by atoms with Crippen LogP contribution in [-0.2, 0) is 0 Å². The number of hydrogen-bond donors (Lipinski definition) is 3. The van der Waals surface area contributed by atoms with E-state index in [4.69, 9.17) is 15.3 Å². The fourth-order valence-electron chi connectivity index (χ4n) is 0.612. The van der Waals surface area contributed by atoms with Gasteiger partial charge < -0.3 is 15.3 Å². The molecule has 5 heteroatoms. The Morgan fingerprint density at radius 1 is 1.18 bits per heavy atom. The van der Waals surface area contributed by atoms with E-state index in [0.717, 1.165) is 18.2 Å². The van der Waals surface area contributed by atoms with Gasteiger partial charge >= 0.3 is 0 Å². The van der Waals surface area contributed by atoms with Gasteiger partial charge in [0.25, 0.3) is 5.97 Å². The van der Waals surface area contributed by atoms with Gasteiger partial charge in [-0.1, -0.05) is 38.3 Å². The fourth-order valence-corrected chi connectivity index (χ4v) is 1.33. The number of aliphatic hydroxyl groups is 3. The van der Waals surface area contributed by atoms with Crippen LogP contribution in [0.25, 0.3) is 0 Å². The highest BCUT2D eigenvalue weighted by molar-refractivity contribution is 9.09. The molecule has 3 nitrogen and oxygen atoms in total. The molecule has 0 saturated heterocycles. The highest BCUT2D eigenvalue weighted by Crippen LogP contribution is 2.18. The fraction of sp³-hybridized carbons (Fsp3) is 1.00. The molecule has 0 rings (SSSR count). The highest BCUT2D eigenvalue weighted by atomic mass is 79.9. The second kappa shape index (κ2) is 5.48. The first-order valence-electron chi connectivity index (χ1n) is 3.35. The minimum atomic E-state index is -2.59. The van der Waals surface area contributed by atoms with E-state index in [1.807, 2.05) is 0 Å². The monoisotopic (exact) mass is 290 g/mol. The van der Waals surface area contributed by atoms with Crippen molar-refractivity contribution in [2.24, 2.45) is 0 Å². The van der Waals surface area contributed by atoms with Gasteiger partial charge in [-0.2, -0.15) is 0 Å². The van der Waals surface area contributed by atoms with Crippen molar-refractivity contribution in [2.45, 2.75) is 30.1 Å². The minimum Gasteiger partial charge on any atom is -0.343 e. The molecular weight excluding hydrogens is 280 g/mol. The molecule has 0 amide bonds. The van der Waals surface area contributed by atoms with Crippen molar-refractivity contribution in [2.75, 3.05) is 5.33 Å². The van der Waals surface area contributed by atoms with Crippen molar-refractivity contribution in [1.29, 1.82) is 0 Å². The van der Waals surface area contributed by atoms with Crippen LogP contribution in [0.4, 0.5) is 0 Å². The predicted octanol–water partition coefficient (Wildman–Crippen LogP) is 0.946. The van der Waals surface area contributed by atoms with Crippen LogP contribution in [0, 0.1) is 0 Å². The van der Waals surface area contributed by atoms with Crippen LogP contribution < -0.4 is 0 Å². The third-order valence-electron chi connectivity index (χ3n) is 1.26. The van der Waals surface area contributed by atoms with Crippen molar-refractivity contribution in [3.05, 3.63) is 0 Å². The molecule has 68 valence electrons. The highest BCUT2D eigenvalue weighted by Gasteiger charge is 2.28. The van der Waals surface area contributed by atoms with E-state index in [1.54, 1.807) is 0 Å². The summed E-state index contributed by atoms with van der Waals surface area (Å²) in [5.74, 6) is -2.59. The molecular formula is C6H12Br2O3. The van der Waals surface area contributed by atoms with Gasteiger partial charge in [0.15, 0.2) is 0 Å². The van der Waals surface area contributed by atoms with Crippen LogP contribution in [0.2, 0.25) is 0 Å². The van der Waals surface area contributed by atoms with Crippen LogP contribution in [-0.4, -0.2) is 31.5 Å². The zero-order valence-electron chi connectivity index (χ0n) is 6.00. The van der Waals surface area contributed by atoms with Crippen LogP contribution in [0.5, 0.6) is 0 Å². The lowest BCUT2D eigenvalue weighted by Crippen LogP contribution is -2.37. The molecule has 11 heavy (non-hydrogen) atoms. The standard InChI is InChI=1S/C6H12Br2O3/c7-4-2-1-3-5(8)6(9,10)11/h5,9-11H,1-4H2. The molecule has 0 bridgehead atoms. The van der Waals surface area contributed by atoms with Crippen molar-refractivity contribution < 1.29 is 15.3 Å². The third kappa shape index (κ3) is 6.04. The quantitative estimate of drug-likeness (QED) is 0.401. The Morgan fingerprint density at radius 2 is 1.73 bits per heavy atom. The van der Waals surface area contributed by atoms with Gasteiger partial charge in [0, 0.05) is 5.33 Å². The van der Waals surface area contributed by atoms with Crippen molar-refractivity contribution >= 4 is 31.9 Å². The molecule has 0 fully saturated rings. The van der Waals surface area contributed by atoms with Gasteiger partial charge in [0.1, 0.15) is 0 Å². The first kappa shape index (κ1) is 11.8. The molecule has 0 saturated carbocycles. The molecule has 0 radical (unpaired) electrons. The summed E-state index contributed by atoms with van der Waals surface area (Å²) in [6.45, 7) is 0. The molecule has 0 aromatic carbocycles. The Labute approximate surface area is 82.7 Å². The Hall–Kier alpha value is 0.840. The summed E-state index contributed by atoms with van der Waals surface area (Å²) in [5, 5.41) is 26.8. The number of rotatable bonds is 5. The van der Waals surface area contributed by atoms with Gasteiger partial charge in [-0.3, -0.25) is 0 Å². The Bertz CT molecular complexity index is 102. The second-order valence-corrected chi connectivity index (χ2v) is 4.24. The second-order valence-electron chi connectivity index (χ2n) is 2.34. The van der Waals surface area contributed by atoms with E-state index in [-0.39, 0.29) is 0 Å². The summed E-state index contributed by atoms with van der Waals surface area (Å²) in [7, 11) is 0.